The van der Waals surface area contributed by atoms with Crippen molar-refractivity contribution in [3.63, 3.8) is 0 Å². The van der Waals surface area contributed by atoms with Crippen molar-refractivity contribution in [1.29, 1.82) is 0 Å². The molecule has 1 aromatic heterocycles. The van der Waals surface area contributed by atoms with Gasteiger partial charge in [-0.25, -0.2) is 4.79 Å². The number of hydrogen-bond donors (Lipinski definition) is 0. The Kier molecular flexibility index (Phi) is 2.66. The summed E-state index contributed by atoms with van der Waals surface area (Å²) >= 11 is 0. The number of hydrogen-bond acceptors (Lipinski definition) is 3. The molecular weight excluding hydrogens is 288 g/mol. The van der Waals surface area contributed by atoms with Gasteiger partial charge < -0.3 is 9.15 Å². The van der Waals surface area contributed by atoms with Gasteiger partial charge in [0, 0.05) is 5.92 Å². The predicted molar refractivity (Wildman–Crippen MR) is 87.8 cm³/mol. The minimum absolute atomic E-state index is 0.0395. The van der Waals surface area contributed by atoms with Crippen molar-refractivity contribution in [2.45, 2.75) is 25.4 Å². The summed E-state index contributed by atoms with van der Waals surface area (Å²) < 4.78 is 11.9. The van der Waals surface area contributed by atoms with Crippen molar-refractivity contribution < 1.29 is 9.15 Å². The second-order valence-corrected chi connectivity index (χ2v) is 6.43. The van der Waals surface area contributed by atoms with Crippen LogP contribution in [0, 0.1) is 5.92 Å². The highest BCUT2D eigenvalue weighted by Crippen LogP contribution is 2.45. The molecule has 5 rings (SSSR count). The molecule has 0 radical (unpaired) electrons. The van der Waals surface area contributed by atoms with Crippen molar-refractivity contribution in [1.82, 2.24) is 0 Å². The quantitative estimate of drug-likeness (QED) is 0.589. The minimum Gasteiger partial charge on any atom is -0.484 e. The number of fused-ring (bicyclic) bond motifs is 6. The van der Waals surface area contributed by atoms with E-state index < -0.39 is 0 Å². The normalized spacial score (nSPS) is 21.9. The van der Waals surface area contributed by atoms with Crippen molar-refractivity contribution in [3.05, 3.63) is 75.6 Å². The lowest BCUT2D eigenvalue weighted by atomic mass is 9.77. The van der Waals surface area contributed by atoms with Crippen LogP contribution in [0.4, 0.5) is 0 Å². The molecule has 114 valence electrons. The number of rotatable bonds is 0. The van der Waals surface area contributed by atoms with Crippen LogP contribution in [0.5, 0.6) is 5.75 Å². The molecule has 0 spiro atoms. The van der Waals surface area contributed by atoms with Gasteiger partial charge in [0.1, 0.15) is 17.4 Å². The largest absolute Gasteiger partial charge is 0.484 e. The summed E-state index contributed by atoms with van der Waals surface area (Å²) in [6, 6.07) is 16.1. The van der Waals surface area contributed by atoms with Crippen molar-refractivity contribution >= 4 is 11.0 Å². The smallest absolute Gasteiger partial charge is 0.343 e. The Morgan fingerprint density at radius 1 is 1.00 bits per heavy atom. The highest BCUT2D eigenvalue weighted by molar-refractivity contribution is 5.84. The molecule has 3 nitrogen and oxygen atoms in total. The maximum absolute atomic E-state index is 12.4. The van der Waals surface area contributed by atoms with Crippen LogP contribution in [0.1, 0.15) is 29.2 Å². The van der Waals surface area contributed by atoms with Gasteiger partial charge in [0.25, 0.3) is 0 Å². The highest BCUT2D eigenvalue weighted by atomic mass is 16.5. The summed E-state index contributed by atoms with van der Waals surface area (Å²) in [7, 11) is 0. The molecular formula is C20H16O3. The van der Waals surface area contributed by atoms with Crippen LogP contribution in [0.3, 0.4) is 0 Å². The van der Waals surface area contributed by atoms with E-state index in [0.717, 1.165) is 30.4 Å². The molecule has 2 aliphatic rings. The van der Waals surface area contributed by atoms with Gasteiger partial charge in [0.15, 0.2) is 0 Å². The monoisotopic (exact) mass is 304 g/mol. The molecule has 3 aromatic rings. The SMILES string of the molecule is O=c1oc2ccccc2c2c1C[C@@H]1CCc3ccccc3[C@@H]1O2. The van der Waals surface area contributed by atoms with Gasteiger partial charge in [-0.3, -0.25) is 0 Å². The third-order valence-electron chi connectivity index (χ3n) is 5.14. The van der Waals surface area contributed by atoms with E-state index in [1.165, 1.54) is 11.1 Å². The van der Waals surface area contributed by atoms with E-state index >= 15 is 0 Å². The number of ether oxygens (including phenoxy) is 1. The predicted octanol–water partition coefficient (Wildman–Crippen LogP) is 4.03. The molecule has 2 heterocycles. The standard InChI is InChI=1S/C20H16O3/c21-20-16-11-13-10-9-12-5-1-2-6-14(12)18(13)23-19(16)15-7-3-4-8-17(15)22-20/h1-8,13,18H,9-11H2/t13-,18+/m0/s1. The van der Waals surface area contributed by atoms with Crippen LogP contribution in [0.2, 0.25) is 0 Å². The first-order valence-corrected chi connectivity index (χ1v) is 8.10. The fourth-order valence-electron chi connectivity index (χ4n) is 4.01. The van der Waals surface area contributed by atoms with Crippen LogP contribution in [0.25, 0.3) is 11.0 Å². The van der Waals surface area contributed by atoms with Crippen LogP contribution in [0.15, 0.2) is 57.7 Å². The summed E-state index contributed by atoms with van der Waals surface area (Å²) in [6.45, 7) is 0. The molecule has 0 bridgehead atoms. The molecule has 2 atom stereocenters. The van der Waals surface area contributed by atoms with Crippen LogP contribution < -0.4 is 10.4 Å². The van der Waals surface area contributed by atoms with Gasteiger partial charge in [0.2, 0.25) is 0 Å². The summed E-state index contributed by atoms with van der Waals surface area (Å²) in [4.78, 5) is 12.4. The fraction of sp³-hybridized carbons (Fsp3) is 0.250. The Morgan fingerprint density at radius 2 is 1.83 bits per heavy atom. The van der Waals surface area contributed by atoms with Crippen molar-refractivity contribution in [2.24, 2.45) is 5.92 Å². The Balaban J connectivity index is 1.72. The highest BCUT2D eigenvalue weighted by Gasteiger charge is 2.37. The summed E-state index contributed by atoms with van der Waals surface area (Å²) in [5, 5.41) is 0.892. The van der Waals surface area contributed by atoms with Gasteiger partial charge in [-0.05, 0) is 42.5 Å². The second-order valence-electron chi connectivity index (χ2n) is 6.43. The molecule has 0 fully saturated rings. The van der Waals surface area contributed by atoms with Gasteiger partial charge >= 0.3 is 5.63 Å². The van der Waals surface area contributed by atoms with Crippen molar-refractivity contribution in [2.75, 3.05) is 0 Å². The first kappa shape index (κ1) is 12.9. The van der Waals surface area contributed by atoms with Crippen molar-refractivity contribution in [3.8, 4) is 5.75 Å². The van der Waals surface area contributed by atoms with E-state index in [1.54, 1.807) is 0 Å². The number of benzene rings is 2. The van der Waals surface area contributed by atoms with E-state index in [4.69, 9.17) is 9.15 Å². The third kappa shape index (κ3) is 1.86. The van der Waals surface area contributed by atoms with E-state index in [-0.39, 0.29) is 11.7 Å². The Bertz CT molecular complexity index is 970. The molecule has 3 heteroatoms. The average molecular weight is 304 g/mol. The van der Waals surface area contributed by atoms with Crippen LogP contribution in [-0.2, 0) is 12.8 Å². The van der Waals surface area contributed by atoms with E-state index in [9.17, 15) is 4.79 Å². The van der Waals surface area contributed by atoms with Crippen LogP contribution >= 0.6 is 0 Å². The zero-order valence-electron chi connectivity index (χ0n) is 12.6. The lowest BCUT2D eigenvalue weighted by molar-refractivity contribution is 0.0986. The Hall–Kier alpha value is -2.55. The molecule has 0 amide bonds. The van der Waals surface area contributed by atoms with Gasteiger partial charge in [-0.1, -0.05) is 36.4 Å². The van der Waals surface area contributed by atoms with Gasteiger partial charge in [-0.2, -0.15) is 0 Å². The zero-order valence-corrected chi connectivity index (χ0v) is 12.6. The molecule has 0 N–H and O–H groups in total. The average Bonchev–Trinajstić information content (AvgIpc) is 2.60. The molecule has 0 saturated carbocycles. The minimum atomic E-state index is -0.254. The second kappa shape index (κ2) is 4.72. The molecule has 1 aliphatic carbocycles. The van der Waals surface area contributed by atoms with E-state index in [1.807, 2.05) is 24.3 Å². The molecule has 0 unspecified atom stereocenters. The summed E-state index contributed by atoms with van der Waals surface area (Å²) in [6.07, 6.45) is 2.88. The third-order valence-corrected chi connectivity index (χ3v) is 5.14. The van der Waals surface area contributed by atoms with E-state index in [2.05, 4.69) is 24.3 Å². The topological polar surface area (TPSA) is 39.4 Å². The maximum atomic E-state index is 12.4. The summed E-state index contributed by atoms with van der Waals surface area (Å²) in [5.41, 5.74) is 3.68. The maximum Gasteiger partial charge on any atom is 0.343 e. The molecule has 0 saturated heterocycles. The molecule has 2 aromatic carbocycles. The van der Waals surface area contributed by atoms with E-state index in [0.29, 0.717) is 17.1 Å². The first-order valence-electron chi connectivity index (χ1n) is 8.10. The van der Waals surface area contributed by atoms with Gasteiger partial charge in [-0.15, -0.1) is 0 Å². The van der Waals surface area contributed by atoms with Gasteiger partial charge in [0.05, 0.1) is 10.9 Å². The molecule has 23 heavy (non-hydrogen) atoms. The number of para-hydroxylation sites is 1. The number of aryl methyl sites for hydroxylation is 1. The fourth-order valence-corrected chi connectivity index (χ4v) is 4.01. The zero-order chi connectivity index (χ0) is 15.4. The summed E-state index contributed by atoms with van der Waals surface area (Å²) in [5.74, 6) is 1.07. The lowest BCUT2D eigenvalue weighted by Gasteiger charge is -2.38. The van der Waals surface area contributed by atoms with Crippen LogP contribution in [-0.4, -0.2) is 0 Å². The Labute approximate surface area is 133 Å². The molecule has 1 aliphatic heterocycles. The lowest BCUT2D eigenvalue weighted by Crippen LogP contribution is -2.33. The first-order chi connectivity index (χ1) is 11.3. The Morgan fingerprint density at radius 3 is 2.78 bits per heavy atom.